The van der Waals surface area contributed by atoms with Crippen molar-refractivity contribution in [2.24, 2.45) is 0 Å². The van der Waals surface area contributed by atoms with E-state index in [4.69, 9.17) is 4.74 Å². The minimum Gasteiger partial charge on any atom is -0.495 e. The third-order valence-corrected chi connectivity index (χ3v) is 5.56. The van der Waals surface area contributed by atoms with E-state index in [-0.39, 0.29) is 11.7 Å². The van der Waals surface area contributed by atoms with Gasteiger partial charge in [-0.15, -0.1) is 20.4 Å². The fourth-order valence-electron chi connectivity index (χ4n) is 3.06. The number of hydrogen-bond donors (Lipinski definition) is 1. The lowest BCUT2D eigenvalue weighted by atomic mass is 10.2. The van der Waals surface area contributed by atoms with E-state index in [1.54, 1.807) is 19.2 Å². The van der Waals surface area contributed by atoms with E-state index in [9.17, 15) is 4.79 Å². The highest BCUT2D eigenvalue weighted by molar-refractivity contribution is 7.99. The molecule has 0 atom stereocenters. The second-order valence-electron chi connectivity index (χ2n) is 6.69. The number of hydrogen-bond acceptors (Lipinski definition) is 8. The lowest BCUT2D eigenvalue weighted by Crippen LogP contribution is -2.15. The zero-order chi connectivity index (χ0) is 22.3. The summed E-state index contributed by atoms with van der Waals surface area (Å²) in [4.78, 5) is 13.9. The molecule has 1 N–H and O–H groups in total. The highest BCUT2D eigenvalue weighted by Crippen LogP contribution is 2.24. The fraction of sp³-hybridized carbons (Fsp3) is 0.238. The number of ether oxygens (including phenoxy) is 1. The molecule has 10 nitrogen and oxygen atoms in total. The van der Waals surface area contributed by atoms with Gasteiger partial charge in [-0.05, 0) is 24.3 Å². The standard InChI is InChI=1S/C21H22N8O2S/c1-3-28-18(13-29-26-20(24-27-29)15-9-5-4-6-10-15)23-25-21(28)32-14-19(30)22-16-11-7-8-12-17(16)31-2/h4-12H,3,13-14H2,1-2H3,(H,22,30). The summed E-state index contributed by atoms with van der Waals surface area (Å²) in [6.07, 6.45) is 0. The van der Waals surface area contributed by atoms with Gasteiger partial charge in [-0.1, -0.05) is 54.2 Å². The van der Waals surface area contributed by atoms with Gasteiger partial charge in [0.1, 0.15) is 12.3 Å². The van der Waals surface area contributed by atoms with Crippen molar-refractivity contribution in [3.05, 3.63) is 60.4 Å². The highest BCUT2D eigenvalue weighted by Gasteiger charge is 2.16. The van der Waals surface area contributed by atoms with Crippen molar-refractivity contribution in [3.8, 4) is 17.1 Å². The Morgan fingerprint density at radius 2 is 1.84 bits per heavy atom. The van der Waals surface area contributed by atoms with E-state index >= 15 is 0 Å². The Morgan fingerprint density at radius 3 is 2.62 bits per heavy atom. The molecule has 4 rings (SSSR count). The molecule has 4 aromatic rings. The van der Waals surface area contributed by atoms with Crippen LogP contribution in [0.4, 0.5) is 5.69 Å². The molecule has 0 saturated carbocycles. The summed E-state index contributed by atoms with van der Waals surface area (Å²) in [6, 6.07) is 16.9. The van der Waals surface area contributed by atoms with E-state index in [0.717, 1.165) is 5.56 Å². The lowest BCUT2D eigenvalue weighted by Gasteiger charge is -2.10. The van der Waals surface area contributed by atoms with Crippen LogP contribution in [0.15, 0.2) is 59.8 Å². The van der Waals surface area contributed by atoms with Crippen LogP contribution in [-0.2, 0) is 17.9 Å². The summed E-state index contributed by atoms with van der Waals surface area (Å²) in [5.41, 5.74) is 1.53. The number of methoxy groups -OCH3 is 1. The first-order valence-electron chi connectivity index (χ1n) is 9.99. The minimum atomic E-state index is -0.155. The summed E-state index contributed by atoms with van der Waals surface area (Å²) in [5, 5.41) is 24.7. The van der Waals surface area contributed by atoms with Crippen molar-refractivity contribution in [2.75, 3.05) is 18.2 Å². The van der Waals surface area contributed by atoms with Crippen LogP contribution in [0.5, 0.6) is 5.75 Å². The summed E-state index contributed by atoms with van der Waals surface area (Å²) in [6.45, 7) is 2.98. The van der Waals surface area contributed by atoms with Gasteiger partial charge < -0.3 is 14.6 Å². The number of rotatable bonds is 9. The molecule has 2 aromatic heterocycles. The van der Waals surface area contributed by atoms with Gasteiger partial charge >= 0.3 is 0 Å². The maximum Gasteiger partial charge on any atom is 0.234 e. The second-order valence-corrected chi connectivity index (χ2v) is 7.63. The molecule has 0 unspecified atom stereocenters. The smallest absolute Gasteiger partial charge is 0.234 e. The number of tetrazole rings is 1. The van der Waals surface area contributed by atoms with Crippen molar-refractivity contribution in [1.29, 1.82) is 0 Å². The Morgan fingerprint density at radius 1 is 1.06 bits per heavy atom. The maximum atomic E-state index is 12.4. The van der Waals surface area contributed by atoms with Crippen LogP contribution in [0.2, 0.25) is 0 Å². The fourth-order valence-corrected chi connectivity index (χ4v) is 3.89. The first kappa shape index (κ1) is 21.5. The van der Waals surface area contributed by atoms with Crippen LogP contribution in [0.1, 0.15) is 12.7 Å². The molecule has 0 spiro atoms. The highest BCUT2D eigenvalue weighted by atomic mass is 32.2. The predicted molar refractivity (Wildman–Crippen MR) is 120 cm³/mol. The van der Waals surface area contributed by atoms with Gasteiger partial charge in [-0.3, -0.25) is 4.79 Å². The maximum absolute atomic E-state index is 12.4. The predicted octanol–water partition coefficient (Wildman–Crippen LogP) is 2.74. The summed E-state index contributed by atoms with van der Waals surface area (Å²) in [7, 11) is 1.57. The average Bonchev–Trinajstić information content (AvgIpc) is 3.45. The van der Waals surface area contributed by atoms with Gasteiger partial charge in [-0.25, -0.2) is 0 Å². The van der Waals surface area contributed by atoms with E-state index < -0.39 is 0 Å². The average molecular weight is 451 g/mol. The first-order valence-corrected chi connectivity index (χ1v) is 11.0. The van der Waals surface area contributed by atoms with Crippen LogP contribution >= 0.6 is 11.8 Å². The van der Waals surface area contributed by atoms with E-state index in [0.29, 0.717) is 41.3 Å². The third-order valence-electron chi connectivity index (χ3n) is 4.59. The van der Waals surface area contributed by atoms with Crippen molar-refractivity contribution in [2.45, 2.75) is 25.2 Å². The number of benzene rings is 2. The van der Waals surface area contributed by atoms with Gasteiger partial charge in [0.15, 0.2) is 11.0 Å². The molecule has 32 heavy (non-hydrogen) atoms. The molecule has 0 bridgehead atoms. The Labute approximate surface area is 189 Å². The molecule has 2 heterocycles. The summed E-state index contributed by atoms with van der Waals surface area (Å²) >= 11 is 1.32. The van der Waals surface area contributed by atoms with E-state index in [1.807, 2.05) is 54.0 Å². The van der Waals surface area contributed by atoms with Crippen molar-refractivity contribution < 1.29 is 9.53 Å². The van der Waals surface area contributed by atoms with Gasteiger partial charge in [0.2, 0.25) is 11.7 Å². The van der Waals surface area contributed by atoms with Crippen LogP contribution in [0, 0.1) is 0 Å². The zero-order valence-corrected chi connectivity index (χ0v) is 18.5. The van der Waals surface area contributed by atoms with Gasteiger partial charge in [0.05, 0.1) is 18.6 Å². The molecule has 0 fully saturated rings. The molecular weight excluding hydrogens is 428 g/mol. The Balaban J connectivity index is 1.40. The Hall–Kier alpha value is -3.73. The molecule has 2 aromatic carbocycles. The second kappa shape index (κ2) is 10.1. The van der Waals surface area contributed by atoms with Gasteiger partial charge in [0.25, 0.3) is 0 Å². The zero-order valence-electron chi connectivity index (χ0n) is 17.7. The number of nitrogens with one attached hydrogen (secondary N) is 1. The van der Waals surface area contributed by atoms with Crippen LogP contribution in [-0.4, -0.2) is 53.7 Å². The van der Waals surface area contributed by atoms with Crippen LogP contribution in [0.3, 0.4) is 0 Å². The topological polar surface area (TPSA) is 113 Å². The summed E-state index contributed by atoms with van der Waals surface area (Å²) in [5.74, 6) is 1.89. The molecule has 0 saturated heterocycles. The molecule has 0 radical (unpaired) electrons. The van der Waals surface area contributed by atoms with Gasteiger partial charge in [0, 0.05) is 12.1 Å². The lowest BCUT2D eigenvalue weighted by molar-refractivity contribution is -0.113. The Kier molecular flexibility index (Phi) is 6.75. The molecule has 0 aliphatic heterocycles. The molecule has 1 amide bonds. The number of aromatic nitrogens is 7. The number of para-hydroxylation sites is 2. The summed E-state index contributed by atoms with van der Waals surface area (Å²) < 4.78 is 7.21. The quantitative estimate of drug-likeness (QED) is 0.387. The van der Waals surface area contributed by atoms with E-state index in [2.05, 4.69) is 30.9 Å². The normalized spacial score (nSPS) is 10.8. The number of carbonyl (C=O) groups is 1. The first-order chi connectivity index (χ1) is 15.7. The molecule has 164 valence electrons. The number of amides is 1. The molecule has 0 aliphatic rings. The van der Waals surface area contributed by atoms with Gasteiger partial charge in [-0.2, -0.15) is 4.80 Å². The minimum absolute atomic E-state index is 0.155. The SMILES string of the molecule is CCn1c(Cn2nnc(-c3ccccc3)n2)nnc1SCC(=O)Nc1ccccc1OC. The molecular formula is C21H22N8O2S. The Bertz CT molecular complexity index is 1190. The van der Waals surface area contributed by atoms with E-state index in [1.165, 1.54) is 16.6 Å². The number of nitrogens with zero attached hydrogens (tertiary/aromatic N) is 7. The largest absolute Gasteiger partial charge is 0.495 e. The molecule has 11 heteroatoms. The number of carbonyl (C=O) groups excluding carboxylic acids is 1. The monoisotopic (exact) mass is 450 g/mol. The van der Waals surface area contributed by atoms with Crippen molar-refractivity contribution in [1.82, 2.24) is 35.0 Å². The molecule has 0 aliphatic carbocycles. The van der Waals surface area contributed by atoms with Crippen LogP contribution in [0.25, 0.3) is 11.4 Å². The number of anilines is 1. The van der Waals surface area contributed by atoms with Crippen molar-refractivity contribution in [3.63, 3.8) is 0 Å². The van der Waals surface area contributed by atoms with Crippen LogP contribution < -0.4 is 10.1 Å². The number of thioether (sulfide) groups is 1. The van der Waals surface area contributed by atoms with Crippen molar-refractivity contribution >= 4 is 23.4 Å². The third kappa shape index (κ3) is 4.94.